The van der Waals surface area contributed by atoms with E-state index in [-0.39, 0.29) is 6.04 Å². The number of piperidine rings is 1. The highest BCUT2D eigenvalue weighted by Gasteiger charge is 2.65. The van der Waals surface area contributed by atoms with Crippen LogP contribution in [0.15, 0.2) is 0 Å². The Morgan fingerprint density at radius 3 is 2.55 bits per heavy atom. The first-order valence-corrected chi connectivity index (χ1v) is 4.24. The van der Waals surface area contributed by atoms with Crippen molar-refractivity contribution >= 4 is 6.29 Å². The zero-order chi connectivity index (χ0) is 8.22. The van der Waals surface area contributed by atoms with E-state index in [0.717, 1.165) is 18.7 Å². The van der Waals surface area contributed by atoms with Crippen LogP contribution in [-0.4, -0.2) is 30.8 Å². The van der Waals surface area contributed by atoms with Crippen LogP contribution in [0.4, 0.5) is 0 Å². The Morgan fingerprint density at radius 1 is 1.55 bits per heavy atom. The van der Waals surface area contributed by atoms with Crippen LogP contribution in [0.2, 0.25) is 0 Å². The number of aldehydes is 1. The van der Waals surface area contributed by atoms with Crippen molar-refractivity contribution in [2.45, 2.75) is 19.9 Å². The quantitative estimate of drug-likeness (QED) is 0.519. The van der Waals surface area contributed by atoms with E-state index in [1.54, 1.807) is 0 Å². The normalized spacial score (nSPS) is 47.0. The van der Waals surface area contributed by atoms with Gasteiger partial charge in [-0.05, 0) is 24.3 Å². The molecule has 2 aliphatic rings. The zero-order valence-corrected chi connectivity index (χ0v) is 7.37. The van der Waals surface area contributed by atoms with Crippen LogP contribution < -0.4 is 0 Å². The monoisotopic (exact) mass is 153 g/mol. The summed E-state index contributed by atoms with van der Waals surface area (Å²) in [6.45, 7) is 5.65. The maximum Gasteiger partial charge on any atom is 0.137 e. The van der Waals surface area contributed by atoms with E-state index in [2.05, 4.69) is 18.7 Å². The van der Waals surface area contributed by atoms with Crippen molar-refractivity contribution < 1.29 is 4.79 Å². The molecule has 0 aromatic rings. The van der Waals surface area contributed by atoms with Gasteiger partial charge in [-0.25, -0.2) is 0 Å². The fourth-order valence-electron chi connectivity index (χ4n) is 2.71. The second-order valence-corrected chi connectivity index (χ2v) is 4.52. The number of likely N-dealkylation sites (tertiary alicyclic amines) is 1. The lowest BCUT2D eigenvalue weighted by Crippen LogP contribution is -2.33. The summed E-state index contributed by atoms with van der Waals surface area (Å²) >= 11 is 0. The van der Waals surface area contributed by atoms with E-state index in [0.29, 0.717) is 11.3 Å². The SMILES string of the molecule is CN1C[C@@H]2[C@H]([C@@H]1C=O)C2(C)C. The van der Waals surface area contributed by atoms with Crippen LogP contribution in [0.25, 0.3) is 0 Å². The molecule has 1 aliphatic carbocycles. The lowest BCUT2D eigenvalue weighted by Gasteiger charge is -2.22. The fraction of sp³-hybridized carbons (Fsp3) is 0.889. The molecule has 11 heavy (non-hydrogen) atoms. The third-order valence-corrected chi connectivity index (χ3v) is 3.64. The Bertz CT molecular complexity index is 200. The van der Waals surface area contributed by atoms with Gasteiger partial charge in [0.1, 0.15) is 6.29 Å². The number of carbonyl (C=O) groups excluding carboxylic acids is 1. The van der Waals surface area contributed by atoms with Gasteiger partial charge in [0.2, 0.25) is 0 Å². The summed E-state index contributed by atoms with van der Waals surface area (Å²) in [6, 6.07) is 0.204. The van der Waals surface area contributed by atoms with E-state index in [1.165, 1.54) is 0 Å². The molecule has 1 aliphatic heterocycles. The summed E-state index contributed by atoms with van der Waals surface area (Å²) in [6.07, 6.45) is 1.11. The van der Waals surface area contributed by atoms with Crippen LogP contribution in [-0.2, 0) is 4.79 Å². The fourth-order valence-corrected chi connectivity index (χ4v) is 2.71. The van der Waals surface area contributed by atoms with Gasteiger partial charge in [0.25, 0.3) is 0 Å². The molecule has 62 valence electrons. The van der Waals surface area contributed by atoms with E-state index >= 15 is 0 Å². The lowest BCUT2D eigenvalue weighted by molar-refractivity contribution is -0.112. The molecule has 0 spiro atoms. The molecule has 0 radical (unpaired) electrons. The van der Waals surface area contributed by atoms with Gasteiger partial charge in [-0.2, -0.15) is 0 Å². The standard InChI is InChI=1S/C9H15NO/c1-9(2)6-4-10(3)7(5-11)8(6)9/h5-8H,4H2,1-3H3/t6-,7+,8-/m1/s1. The molecular formula is C9H15NO. The number of fused-ring (bicyclic) bond motifs is 1. The topological polar surface area (TPSA) is 20.3 Å². The lowest BCUT2D eigenvalue weighted by atomic mass is 10.0. The minimum absolute atomic E-state index is 0.204. The van der Waals surface area contributed by atoms with Crippen LogP contribution in [0, 0.1) is 17.3 Å². The number of nitrogens with zero attached hydrogens (tertiary/aromatic N) is 1. The minimum Gasteiger partial charge on any atom is -0.302 e. The molecule has 0 N–H and O–H groups in total. The summed E-state index contributed by atoms with van der Waals surface area (Å²) in [5.74, 6) is 1.42. The molecule has 0 amide bonds. The smallest absolute Gasteiger partial charge is 0.137 e. The highest BCUT2D eigenvalue weighted by atomic mass is 16.1. The second-order valence-electron chi connectivity index (χ2n) is 4.52. The summed E-state index contributed by atoms with van der Waals surface area (Å²) in [7, 11) is 2.04. The van der Waals surface area contributed by atoms with E-state index in [4.69, 9.17) is 0 Å². The summed E-state index contributed by atoms with van der Waals surface area (Å²) in [5.41, 5.74) is 0.443. The van der Waals surface area contributed by atoms with Gasteiger partial charge in [0, 0.05) is 6.54 Å². The first-order valence-electron chi connectivity index (χ1n) is 4.24. The first kappa shape index (κ1) is 7.29. The molecule has 1 heterocycles. The Balaban J connectivity index is 2.16. The maximum absolute atomic E-state index is 10.7. The number of likely N-dealkylation sites (N-methyl/N-ethyl adjacent to an activating group) is 1. The van der Waals surface area contributed by atoms with Gasteiger partial charge < -0.3 is 4.79 Å². The Hall–Kier alpha value is -0.370. The molecule has 3 atom stereocenters. The number of carbonyl (C=O) groups is 1. The van der Waals surface area contributed by atoms with E-state index in [9.17, 15) is 4.79 Å². The Kier molecular flexibility index (Phi) is 1.23. The van der Waals surface area contributed by atoms with Crippen molar-refractivity contribution in [3.8, 4) is 0 Å². The third kappa shape index (κ3) is 0.734. The van der Waals surface area contributed by atoms with Crippen molar-refractivity contribution in [1.29, 1.82) is 0 Å². The average Bonchev–Trinajstić information content (AvgIpc) is 2.38. The van der Waals surface area contributed by atoms with Crippen molar-refractivity contribution in [3.05, 3.63) is 0 Å². The maximum atomic E-state index is 10.7. The summed E-state index contributed by atoms with van der Waals surface area (Å²) in [4.78, 5) is 12.9. The van der Waals surface area contributed by atoms with E-state index in [1.807, 2.05) is 7.05 Å². The van der Waals surface area contributed by atoms with Gasteiger partial charge in [-0.3, -0.25) is 4.90 Å². The average molecular weight is 153 g/mol. The van der Waals surface area contributed by atoms with Crippen molar-refractivity contribution in [2.75, 3.05) is 13.6 Å². The molecule has 1 saturated heterocycles. The highest BCUT2D eigenvalue weighted by Crippen LogP contribution is 2.63. The number of rotatable bonds is 1. The highest BCUT2D eigenvalue weighted by molar-refractivity contribution is 5.61. The van der Waals surface area contributed by atoms with Crippen LogP contribution in [0.5, 0.6) is 0 Å². The largest absolute Gasteiger partial charge is 0.302 e. The molecule has 2 heteroatoms. The van der Waals surface area contributed by atoms with Crippen molar-refractivity contribution in [3.63, 3.8) is 0 Å². The van der Waals surface area contributed by atoms with Crippen molar-refractivity contribution in [2.24, 2.45) is 17.3 Å². The Labute approximate surface area is 67.6 Å². The molecule has 0 bridgehead atoms. The molecule has 0 unspecified atom stereocenters. The van der Waals surface area contributed by atoms with Gasteiger partial charge in [0.05, 0.1) is 6.04 Å². The molecule has 2 fully saturated rings. The molecule has 0 aromatic carbocycles. The predicted molar refractivity (Wildman–Crippen MR) is 43.2 cm³/mol. The third-order valence-electron chi connectivity index (χ3n) is 3.64. The van der Waals surface area contributed by atoms with Crippen molar-refractivity contribution in [1.82, 2.24) is 4.90 Å². The van der Waals surface area contributed by atoms with Crippen LogP contribution >= 0.6 is 0 Å². The second kappa shape index (κ2) is 1.86. The Morgan fingerprint density at radius 2 is 2.18 bits per heavy atom. The predicted octanol–water partition coefficient (Wildman–Crippen LogP) is 0.771. The van der Waals surface area contributed by atoms with Crippen LogP contribution in [0.1, 0.15) is 13.8 Å². The van der Waals surface area contributed by atoms with Gasteiger partial charge >= 0.3 is 0 Å². The summed E-state index contributed by atoms with van der Waals surface area (Å²) < 4.78 is 0. The summed E-state index contributed by atoms with van der Waals surface area (Å²) in [5, 5.41) is 0. The van der Waals surface area contributed by atoms with Gasteiger partial charge in [0.15, 0.2) is 0 Å². The van der Waals surface area contributed by atoms with E-state index < -0.39 is 0 Å². The van der Waals surface area contributed by atoms with Gasteiger partial charge in [-0.15, -0.1) is 0 Å². The number of hydrogen-bond acceptors (Lipinski definition) is 2. The molecule has 0 aromatic heterocycles. The minimum atomic E-state index is 0.204. The number of hydrogen-bond donors (Lipinski definition) is 0. The molecule has 2 nitrogen and oxygen atoms in total. The first-order chi connectivity index (χ1) is 5.09. The molecule has 2 rings (SSSR count). The molecular weight excluding hydrogens is 138 g/mol. The molecule has 1 saturated carbocycles. The van der Waals surface area contributed by atoms with Crippen LogP contribution in [0.3, 0.4) is 0 Å². The van der Waals surface area contributed by atoms with Gasteiger partial charge in [-0.1, -0.05) is 13.8 Å². The zero-order valence-electron chi connectivity index (χ0n) is 7.37.